The molecule has 0 bridgehead atoms. The van der Waals surface area contributed by atoms with E-state index >= 15 is 0 Å². The van der Waals surface area contributed by atoms with Crippen LogP contribution in [-0.4, -0.2) is 30.3 Å². The Bertz CT molecular complexity index is 978. The van der Waals surface area contributed by atoms with Crippen molar-refractivity contribution in [3.63, 3.8) is 0 Å². The van der Waals surface area contributed by atoms with Crippen molar-refractivity contribution in [3.8, 4) is 22.8 Å². The highest BCUT2D eigenvalue weighted by Crippen LogP contribution is 2.45. The number of ether oxygens (including phenoxy) is 2. The molecule has 6 heteroatoms. The van der Waals surface area contributed by atoms with Crippen LogP contribution in [0.3, 0.4) is 0 Å². The molecule has 1 saturated carbocycles. The Labute approximate surface area is 163 Å². The lowest BCUT2D eigenvalue weighted by molar-refractivity contribution is -0.115. The number of amides is 1. The molecule has 144 valence electrons. The van der Waals surface area contributed by atoms with Crippen LogP contribution in [0, 0.1) is 0 Å². The van der Waals surface area contributed by atoms with Gasteiger partial charge in [-0.25, -0.2) is 0 Å². The van der Waals surface area contributed by atoms with E-state index in [4.69, 9.17) is 9.47 Å². The van der Waals surface area contributed by atoms with Gasteiger partial charge < -0.3 is 14.8 Å². The molecular formula is C22H23N3O3. The zero-order valence-electron chi connectivity index (χ0n) is 16.0. The number of nitrogens with one attached hydrogen (secondary N) is 2. The predicted octanol–water partition coefficient (Wildman–Crippen LogP) is 4.15. The molecule has 0 radical (unpaired) electrons. The van der Waals surface area contributed by atoms with Crippen LogP contribution in [-0.2, 0) is 11.2 Å². The molecule has 0 atom stereocenters. The highest BCUT2D eigenvalue weighted by Gasteiger charge is 2.31. The van der Waals surface area contributed by atoms with Gasteiger partial charge in [0.1, 0.15) is 5.69 Å². The number of carbonyl (C=O) groups is 1. The Balaban J connectivity index is 1.65. The molecular weight excluding hydrogens is 354 g/mol. The highest BCUT2D eigenvalue weighted by atomic mass is 16.5. The normalized spacial score (nSPS) is 13.2. The first kappa shape index (κ1) is 18.1. The van der Waals surface area contributed by atoms with E-state index in [9.17, 15) is 4.79 Å². The van der Waals surface area contributed by atoms with Crippen LogP contribution >= 0.6 is 0 Å². The first-order chi connectivity index (χ1) is 13.7. The predicted molar refractivity (Wildman–Crippen MR) is 108 cm³/mol. The maximum absolute atomic E-state index is 12.7. The van der Waals surface area contributed by atoms with Crippen LogP contribution in [0.4, 0.5) is 5.69 Å². The molecule has 2 aromatic carbocycles. The number of anilines is 1. The minimum absolute atomic E-state index is 0.0590. The number of hydrogen-bond donors (Lipinski definition) is 2. The van der Waals surface area contributed by atoms with Gasteiger partial charge in [0.05, 0.1) is 32.0 Å². The fourth-order valence-electron chi connectivity index (χ4n) is 3.31. The SMILES string of the molecule is COc1ccc(-c2n[nH]c(C3CC3)c2NC(=O)Cc2ccccc2)cc1OC. The first-order valence-corrected chi connectivity index (χ1v) is 9.34. The molecule has 2 N–H and O–H groups in total. The van der Waals surface area contributed by atoms with E-state index in [-0.39, 0.29) is 5.91 Å². The molecule has 0 spiro atoms. The number of methoxy groups -OCH3 is 2. The van der Waals surface area contributed by atoms with Crippen molar-refractivity contribution in [2.24, 2.45) is 0 Å². The number of nitrogens with zero attached hydrogens (tertiary/aromatic N) is 1. The lowest BCUT2D eigenvalue weighted by atomic mass is 10.1. The van der Waals surface area contributed by atoms with Gasteiger partial charge in [-0.3, -0.25) is 9.89 Å². The number of aromatic nitrogens is 2. The van der Waals surface area contributed by atoms with E-state index in [0.717, 1.165) is 35.3 Å². The topological polar surface area (TPSA) is 76.2 Å². The summed E-state index contributed by atoms with van der Waals surface area (Å²) in [5.41, 5.74) is 4.30. The van der Waals surface area contributed by atoms with Gasteiger partial charge in [0.2, 0.25) is 5.91 Å². The summed E-state index contributed by atoms with van der Waals surface area (Å²) in [6.45, 7) is 0. The summed E-state index contributed by atoms with van der Waals surface area (Å²) in [6, 6.07) is 15.3. The molecule has 1 aliphatic rings. The number of carbonyl (C=O) groups excluding carboxylic acids is 1. The Kier molecular flexibility index (Phi) is 5.02. The molecule has 1 aliphatic carbocycles. The molecule has 0 aliphatic heterocycles. The van der Waals surface area contributed by atoms with E-state index in [1.54, 1.807) is 14.2 Å². The summed E-state index contributed by atoms with van der Waals surface area (Å²) in [5, 5.41) is 10.7. The van der Waals surface area contributed by atoms with Gasteiger partial charge in [-0.2, -0.15) is 5.10 Å². The summed E-state index contributed by atoms with van der Waals surface area (Å²) in [6.07, 6.45) is 2.53. The zero-order valence-corrected chi connectivity index (χ0v) is 16.0. The number of H-pyrrole nitrogens is 1. The lowest BCUT2D eigenvalue weighted by Crippen LogP contribution is -2.15. The molecule has 1 amide bonds. The third-order valence-corrected chi connectivity index (χ3v) is 4.91. The molecule has 1 aromatic heterocycles. The van der Waals surface area contributed by atoms with Crippen molar-refractivity contribution < 1.29 is 14.3 Å². The van der Waals surface area contributed by atoms with Crippen molar-refractivity contribution in [3.05, 3.63) is 59.8 Å². The molecule has 1 fully saturated rings. The van der Waals surface area contributed by atoms with E-state index < -0.39 is 0 Å². The fraction of sp³-hybridized carbons (Fsp3) is 0.273. The van der Waals surface area contributed by atoms with Gasteiger partial charge in [0, 0.05) is 11.5 Å². The van der Waals surface area contributed by atoms with Gasteiger partial charge in [-0.1, -0.05) is 30.3 Å². The van der Waals surface area contributed by atoms with Crippen LogP contribution in [0.2, 0.25) is 0 Å². The molecule has 0 saturated heterocycles. The van der Waals surface area contributed by atoms with Crippen molar-refractivity contribution in [2.45, 2.75) is 25.2 Å². The number of benzene rings is 2. The Morgan fingerprint density at radius 2 is 1.86 bits per heavy atom. The maximum atomic E-state index is 12.7. The van der Waals surface area contributed by atoms with Gasteiger partial charge in [-0.05, 0) is 36.6 Å². The smallest absolute Gasteiger partial charge is 0.228 e. The standard InChI is InChI=1S/C22H23N3O3/c1-27-17-11-10-16(13-18(17)28-2)21-22(20(24-25-21)15-8-9-15)23-19(26)12-14-6-4-3-5-7-14/h3-7,10-11,13,15H,8-9,12H2,1-2H3,(H,23,26)(H,24,25). The maximum Gasteiger partial charge on any atom is 0.228 e. The summed E-state index contributed by atoms with van der Waals surface area (Å²) in [7, 11) is 3.21. The minimum Gasteiger partial charge on any atom is -0.493 e. The minimum atomic E-state index is -0.0590. The number of hydrogen-bond acceptors (Lipinski definition) is 4. The Hall–Kier alpha value is -3.28. The van der Waals surface area contributed by atoms with Crippen LogP contribution in [0.15, 0.2) is 48.5 Å². The van der Waals surface area contributed by atoms with Gasteiger partial charge >= 0.3 is 0 Å². The van der Waals surface area contributed by atoms with Crippen molar-refractivity contribution in [1.29, 1.82) is 0 Å². The van der Waals surface area contributed by atoms with E-state index in [1.165, 1.54) is 0 Å². The zero-order chi connectivity index (χ0) is 19.5. The van der Waals surface area contributed by atoms with Crippen molar-refractivity contribution in [1.82, 2.24) is 10.2 Å². The number of rotatable bonds is 7. The molecule has 1 heterocycles. The summed E-state index contributed by atoms with van der Waals surface area (Å²) < 4.78 is 10.7. The second-order valence-corrected chi connectivity index (χ2v) is 6.92. The summed E-state index contributed by atoms with van der Waals surface area (Å²) in [4.78, 5) is 12.7. The van der Waals surface area contributed by atoms with E-state index in [2.05, 4.69) is 15.5 Å². The third kappa shape index (κ3) is 3.71. The van der Waals surface area contributed by atoms with Crippen molar-refractivity contribution in [2.75, 3.05) is 19.5 Å². The second kappa shape index (κ2) is 7.76. The molecule has 0 unspecified atom stereocenters. The molecule has 28 heavy (non-hydrogen) atoms. The van der Waals surface area contributed by atoms with Gasteiger partial charge in [0.25, 0.3) is 0 Å². The second-order valence-electron chi connectivity index (χ2n) is 6.92. The largest absolute Gasteiger partial charge is 0.493 e. The van der Waals surface area contributed by atoms with E-state index in [0.29, 0.717) is 29.5 Å². The first-order valence-electron chi connectivity index (χ1n) is 9.34. The molecule has 6 nitrogen and oxygen atoms in total. The average molecular weight is 377 g/mol. The van der Waals surface area contributed by atoms with E-state index in [1.807, 2.05) is 48.5 Å². The Morgan fingerprint density at radius 1 is 1.11 bits per heavy atom. The van der Waals surface area contributed by atoms with Crippen molar-refractivity contribution >= 4 is 11.6 Å². The quantitative estimate of drug-likeness (QED) is 0.648. The summed E-state index contributed by atoms with van der Waals surface area (Å²) in [5.74, 6) is 1.64. The third-order valence-electron chi connectivity index (χ3n) is 4.91. The molecule has 3 aromatic rings. The number of aromatic amines is 1. The average Bonchev–Trinajstić information content (AvgIpc) is 3.49. The molecule has 4 rings (SSSR count). The van der Waals surface area contributed by atoms with Crippen LogP contribution < -0.4 is 14.8 Å². The fourth-order valence-corrected chi connectivity index (χ4v) is 3.31. The van der Waals surface area contributed by atoms with Gasteiger partial charge in [-0.15, -0.1) is 0 Å². The van der Waals surface area contributed by atoms with Crippen LogP contribution in [0.1, 0.15) is 30.0 Å². The van der Waals surface area contributed by atoms with Gasteiger partial charge in [0.15, 0.2) is 11.5 Å². The lowest BCUT2D eigenvalue weighted by Gasteiger charge is -2.11. The summed E-state index contributed by atoms with van der Waals surface area (Å²) >= 11 is 0. The monoisotopic (exact) mass is 377 g/mol. The van der Waals surface area contributed by atoms with Crippen LogP contribution in [0.25, 0.3) is 11.3 Å². The van der Waals surface area contributed by atoms with Crippen LogP contribution in [0.5, 0.6) is 11.5 Å². The highest BCUT2D eigenvalue weighted by molar-refractivity contribution is 5.97. The Morgan fingerprint density at radius 3 is 2.54 bits per heavy atom.